The number of carbonyl (C=O) groups is 1. The Hall–Kier alpha value is -1.63. The van der Waals surface area contributed by atoms with Crippen LogP contribution in [0.25, 0.3) is 0 Å². The van der Waals surface area contributed by atoms with Gasteiger partial charge in [-0.05, 0) is 31.2 Å². The van der Waals surface area contributed by atoms with Gasteiger partial charge in [0.05, 0.1) is 13.2 Å². The molecular weight excluding hydrogens is 258 g/mol. The van der Waals surface area contributed by atoms with E-state index in [1.165, 1.54) is 0 Å². The maximum absolute atomic E-state index is 11.5. The average Bonchev–Trinajstić information content (AvgIpc) is 2.46. The highest BCUT2D eigenvalue weighted by molar-refractivity contribution is 5.91. The first-order valence-corrected chi connectivity index (χ1v) is 6.74. The fourth-order valence-corrected chi connectivity index (χ4v) is 1.79. The molecule has 20 heavy (non-hydrogen) atoms. The highest BCUT2D eigenvalue weighted by Gasteiger charge is 2.05. The second-order valence-electron chi connectivity index (χ2n) is 4.24. The van der Waals surface area contributed by atoms with Crippen LogP contribution >= 0.6 is 0 Å². The topological polar surface area (TPSA) is 87.8 Å². The predicted octanol–water partition coefficient (Wildman–Crippen LogP) is 0.419. The summed E-state index contributed by atoms with van der Waals surface area (Å²) in [5, 5.41) is 11.7. The summed E-state index contributed by atoms with van der Waals surface area (Å²) in [6.07, 6.45) is 0. The van der Waals surface area contributed by atoms with E-state index in [1.807, 2.05) is 31.2 Å². The lowest BCUT2D eigenvalue weighted by atomic mass is 10.2. The van der Waals surface area contributed by atoms with Gasteiger partial charge in [-0.1, -0.05) is 0 Å². The van der Waals surface area contributed by atoms with Gasteiger partial charge in [0.15, 0.2) is 0 Å². The number of benzene rings is 1. The van der Waals surface area contributed by atoms with Crippen LogP contribution in [-0.2, 0) is 9.53 Å². The summed E-state index contributed by atoms with van der Waals surface area (Å²) in [5.41, 5.74) is 7.00. The molecule has 0 aliphatic heterocycles. The molecule has 6 heteroatoms. The second-order valence-corrected chi connectivity index (χ2v) is 4.24. The van der Waals surface area contributed by atoms with Gasteiger partial charge in [-0.25, -0.2) is 0 Å². The summed E-state index contributed by atoms with van der Waals surface area (Å²) in [6, 6.07) is 7.48. The van der Waals surface area contributed by atoms with E-state index in [0.717, 1.165) is 17.9 Å². The van der Waals surface area contributed by atoms with E-state index < -0.39 is 0 Å². The van der Waals surface area contributed by atoms with Crippen LogP contribution < -0.4 is 16.0 Å². The number of anilines is 2. The van der Waals surface area contributed by atoms with Gasteiger partial charge in [0.1, 0.15) is 6.61 Å². The van der Waals surface area contributed by atoms with Crippen molar-refractivity contribution in [3.8, 4) is 0 Å². The average molecular weight is 281 g/mol. The zero-order valence-corrected chi connectivity index (χ0v) is 11.8. The number of aliphatic hydroxyl groups is 1. The third kappa shape index (κ3) is 5.56. The molecule has 1 aromatic rings. The molecule has 0 atom stereocenters. The molecule has 0 radical (unpaired) electrons. The van der Waals surface area contributed by atoms with E-state index in [2.05, 4.69) is 10.2 Å². The van der Waals surface area contributed by atoms with Crippen molar-refractivity contribution in [2.45, 2.75) is 6.92 Å². The van der Waals surface area contributed by atoms with Crippen molar-refractivity contribution in [3.05, 3.63) is 24.3 Å². The number of nitrogens with one attached hydrogen (secondary N) is 1. The number of aliphatic hydroxyl groups excluding tert-OH is 1. The Morgan fingerprint density at radius 1 is 1.40 bits per heavy atom. The fraction of sp³-hybridized carbons (Fsp3) is 0.500. The van der Waals surface area contributed by atoms with E-state index in [0.29, 0.717) is 19.7 Å². The third-order valence-corrected chi connectivity index (χ3v) is 2.76. The van der Waals surface area contributed by atoms with Crippen LogP contribution in [0.4, 0.5) is 11.4 Å². The number of ether oxygens (including phenoxy) is 1. The molecule has 0 heterocycles. The van der Waals surface area contributed by atoms with Crippen LogP contribution in [-0.4, -0.2) is 50.5 Å². The number of hydrogen-bond donors (Lipinski definition) is 3. The molecule has 0 aliphatic rings. The molecule has 4 N–H and O–H groups in total. The molecule has 1 rings (SSSR count). The fourth-order valence-electron chi connectivity index (χ4n) is 1.79. The highest BCUT2D eigenvalue weighted by atomic mass is 16.5. The Bertz CT molecular complexity index is 395. The molecule has 0 unspecified atom stereocenters. The number of amides is 1. The molecule has 1 aromatic carbocycles. The number of carbonyl (C=O) groups excluding carboxylic acids is 1. The lowest BCUT2D eigenvalue weighted by molar-refractivity contribution is -0.120. The van der Waals surface area contributed by atoms with E-state index in [9.17, 15) is 4.79 Å². The standard InChI is InChI=1S/C14H23N3O3/c1-2-17(8-9-18)13-5-3-12(4-6-13)16-14(19)11-20-10-7-15/h3-6,18H,2,7-11,15H2,1H3,(H,16,19). The van der Waals surface area contributed by atoms with Crippen molar-refractivity contribution in [1.29, 1.82) is 0 Å². The largest absolute Gasteiger partial charge is 0.395 e. The molecular formula is C14H23N3O3. The van der Waals surface area contributed by atoms with Gasteiger partial charge in [0, 0.05) is 31.0 Å². The number of hydrogen-bond acceptors (Lipinski definition) is 5. The Morgan fingerprint density at radius 2 is 2.10 bits per heavy atom. The zero-order valence-electron chi connectivity index (χ0n) is 11.8. The Balaban J connectivity index is 2.51. The van der Waals surface area contributed by atoms with Gasteiger partial charge < -0.3 is 25.8 Å². The Labute approximate surface area is 119 Å². The minimum Gasteiger partial charge on any atom is -0.395 e. The lowest BCUT2D eigenvalue weighted by Crippen LogP contribution is -2.26. The predicted molar refractivity (Wildman–Crippen MR) is 79.9 cm³/mol. The molecule has 0 fully saturated rings. The molecule has 0 bridgehead atoms. The third-order valence-electron chi connectivity index (χ3n) is 2.76. The van der Waals surface area contributed by atoms with Crippen LogP contribution in [0.1, 0.15) is 6.92 Å². The molecule has 0 saturated carbocycles. The minimum atomic E-state index is -0.200. The molecule has 0 aliphatic carbocycles. The first-order valence-electron chi connectivity index (χ1n) is 6.74. The monoisotopic (exact) mass is 281 g/mol. The van der Waals surface area contributed by atoms with Crippen LogP contribution in [0.2, 0.25) is 0 Å². The molecule has 0 saturated heterocycles. The van der Waals surface area contributed by atoms with Gasteiger partial charge in [0.2, 0.25) is 5.91 Å². The summed E-state index contributed by atoms with van der Waals surface area (Å²) >= 11 is 0. The Kier molecular flexibility index (Phi) is 7.64. The van der Waals surface area contributed by atoms with E-state index in [-0.39, 0.29) is 19.1 Å². The maximum atomic E-state index is 11.5. The van der Waals surface area contributed by atoms with Crippen molar-refractivity contribution in [2.75, 3.05) is 49.7 Å². The van der Waals surface area contributed by atoms with E-state index in [1.54, 1.807) is 0 Å². The van der Waals surface area contributed by atoms with Crippen molar-refractivity contribution < 1.29 is 14.6 Å². The van der Waals surface area contributed by atoms with Gasteiger partial charge in [-0.2, -0.15) is 0 Å². The summed E-state index contributed by atoms with van der Waals surface area (Å²) in [5.74, 6) is -0.200. The van der Waals surface area contributed by atoms with Crippen LogP contribution in [0.5, 0.6) is 0 Å². The first kappa shape index (κ1) is 16.4. The van der Waals surface area contributed by atoms with Crippen LogP contribution in [0.3, 0.4) is 0 Å². The smallest absolute Gasteiger partial charge is 0.250 e. The zero-order chi connectivity index (χ0) is 14.8. The number of likely N-dealkylation sites (N-methyl/N-ethyl adjacent to an activating group) is 1. The summed E-state index contributed by atoms with van der Waals surface area (Å²) in [7, 11) is 0. The van der Waals surface area contributed by atoms with Gasteiger partial charge in [0.25, 0.3) is 0 Å². The SMILES string of the molecule is CCN(CCO)c1ccc(NC(=O)COCCN)cc1. The van der Waals surface area contributed by atoms with Crippen molar-refractivity contribution in [3.63, 3.8) is 0 Å². The lowest BCUT2D eigenvalue weighted by Gasteiger charge is -2.22. The van der Waals surface area contributed by atoms with Crippen LogP contribution in [0, 0.1) is 0 Å². The first-order chi connectivity index (χ1) is 9.71. The van der Waals surface area contributed by atoms with Crippen molar-refractivity contribution >= 4 is 17.3 Å². The molecule has 0 aromatic heterocycles. The molecule has 112 valence electrons. The highest BCUT2D eigenvalue weighted by Crippen LogP contribution is 2.17. The van der Waals surface area contributed by atoms with Crippen molar-refractivity contribution in [1.82, 2.24) is 0 Å². The van der Waals surface area contributed by atoms with E-state index in [4.69, 9.17) is 15.6 Å². The minimum absolute atomic E-state index is 0.00451. The quantitative estimate of drug-likeness (QED) is 0.571. The van der Waals surface area contributed by atoms with E-state index >= 15 is 0 Å². The summed E-state index contributed by atoms with van der Waals surface area (Å²) in [6.45, 7) is 4.34. The van der Waals surface area contributed by atoms with Crippen LogP contribution in [0.15, 0.2) is 24.3 Å². The van der Waals surface area contributed by atoms with Gasteiger partial charge in [-0.3, -0.25) is 4.79 Å². The number of nitrogens with two attached hydrogens (primary N) is 1. The molecule has 6 nitrogen and oxygen atoms in total. The normalized spacial score (nSPS) is 10.3. The second kappa shape index (κ2) is 9.30. The summed E-state index contributed by atoms with van der Waals surface area (Å²) < 4.78 is 5.06. The van der Waals surface area contributed by atoms with Gasteiger partial charge >= 0.3 is 0 Å². The number of nitrogens with zero attached hydrogens (tertiary/aromatic N) is 1. The van der Waals surface area contributed by atoms with Crippen molar-refractivity contribution in [2.24, 2.45) is 5.73 Å². The van der Waals surface area contributed by atoms with Gasteiger partial charge in [-0.15, -0.1) is 0 Å². The molecule has 1 amide bonds. The molecule has 0 spiro atoms. The number of rotatable bonds is 9. The summed E-state index contributed by atoms with van der Waals surface area (Å²) in [4.78, 5) is 13.6. The Morgan fingerprint density at radius 3 is 2.65 bits per heavy atom. The maximum Gasteiger partial charge on any atom is 0.250 e.